The summed E-state index contributed by atoms with van der Waals surface area (Å²) >= 11 is 0. The van der Waals surface area contributed by atoms with Crippen LogP contribution >= 0.6 is 0 Å². The van der Waals surface area contributed by atoms with Crippen LogP contribution in [-0.4, -0.2) is 25.2 Å². The average Bonchev–Trinajstić information content (AvgIpc) is 2.57. The molecule has 24 heavy (non-hydrogen) atoms. The smallest absolute Gasteiger partial charge is 0.312 e. The van der Waals surface area contributed by atoms with Gasteiger partial charge in [-0.1, -0.05) is 52.4 Å². The number of rotatable bonds is 15. The first-order valence-corrected chi connectivity index (χ1v) is 9.89. The van der Waals surface area contributed by atoms with Crippen LogP contribution in [0.2, 0.25) is 0 Å². The molecule has 0 unspecified atom stereocenters. The molecule has 4 heteroatoms. The van der Waals surface area contributed by atoms with Gasteiger partial charge in [-0.2, -0.15) is 0 Å². The highest BCUT2D eigenvalue weighted by Crippen LogP contribution is 2.34. The third kappa shape index (κ3) is 9.29. The fraction of sp³-hybridized carbons (Fsp3) is 0.900. The van der Waals surface area contributed by atoms with Crippen molar-refractivity contribution in [3.63, 3.8) is 0 Å². The number of carbonyl (C=O) groups excluding carboxylic acids is 2. The van der Waals surface area contributed by atoms with Crippen LogP contribution in [0, 0.1) is 5.41 Å². The normalized spacial score (nSPS) is 11.3. The highest BCUT2D eigenvalue weighted by atomic mass is 16.5. The zero-order valence-electron chi connectivity index (χ0n) is 16.3. The van der Waals surface area contributed by atoms with Crippen LogP contribution in [0.15, 0.2) is 0 Å². The van der Waals surface area contributed by atoms with Gasteiger partial charge < -0.3 is 9.47 Å². The molecule has 0 rings (SSSR count). The molecule has 0 aromatic carbocycles. The Hall–Kier alpha value is -1.06. The predicted octanol–water partition coefficient (Wildman–Crippen LogP) is 5.43. The SMILES string of the molecule is CCOC(=O)CCCCCCCCCC(CC)(CC)C(=O)OCC. The van der Waals surface area contributed by atoms with Crippen molar-refractivity contribution in [2.24, 2.45) is 5.41 Å². The number of ether oxygens (including phenoxy) is 2. The minimum Gasteiger partial charge on any atom is -0.466 e. The third-order valence-electron chi connectivity index (χ3n) is 4.90. The van der Waals surface area contributed by atoms with Crippen molar-refractivity contribution in [2.75, 3.05) is 13.2 Å². The summed E-state index contributed by atoms with van der Waals surface area (Å²) in [5.74, 6) is -0.0964. The Kier molecular flexibility index (Phi) is 13.7. The molecule has 0 fully saturated rings. The summed E-state index contributed by atoms with van der Waals surface area (Å²) in [4.78, 5) is 23.4. The van der Waals surface area contributed by atoms with E-state index in [2.05, 4.69) is 13.8 Å². The van der Waals surface area contributed by atoms with Crippen molar-refractivity contribution >= 4 is 11.9 Å². The standard InChI is InChI=1S/C20H38O4/c1-5-20(6-2,19(22)24-8-4)17-15-13-11-9-10-12-14-16-18(21)23-7-3/h5-17H2,1-4H3. The lowest BCUT2D eigenvalue weighted by atomic mass is 9.77. The maximum Gasteiger partial charge on any atom is 0.312 e. The summed E-state index contributed by atoms with van der Waals surface area (Å²) in [6, 6.07) is 0. The third-order valence-corrected chi connectivity index (χ3v) is 4.90. The van der Waals surface area contributed by atoms with E-state index in [0.29, 0.717) is 19.6 Å². The summed E-state index contributed by atoms with van der Waals surface area (Å²) in [5.41, 5.74) is -0.282. The van der Waals surface area contributed by atoms with Crippen LogP contribution in [0.25, 0.3) is 0 Å². The van der Waals surface area contributed by atoms with Gasteiger partial charge in [0.2, 0.25) is 0 Å². The van der Waals surface area contributed by atoms with Gasteiger partial charge in [-0.3, -0.25) is 9.59 Å². The number of hydrogen-bond donors (Lipinski definition) is 0. The molecule has 0 atom stereocenters. The molecule has 0 bridgehead atoms. The Morgan fingerprint density at radius 2 is 1.21 bits per heavy atom. The van der Waals surface area contributed by atoms with Crippen molar-refractivity contribution in [3.8, 4) is 0 Å². The summed E-state index contributed by atoms with van der Waals surface area (Å²) in [6.45, 7) is 8.82. The molecule has 0 amide bonds. The highest BCUT2D eigenvalue weighted by Gasteiger charge is 2.35. The van der Waals surface area contributed by atoms with E-state index >= 15 is 0 Å². The average molecular weight is 343 g/mol. The first-order chi connectivity index (χ1) is 11.6. The van der Waals surface area contributed by atoms with E-state index in [4.69, 9.17) is 9.47 Å². The zero-order valence-corrected chi connectivity index (χ0v) is 16.3. The van der Waals surface area contributed by atoms with Gasteiger partial charge in [-0.15, -0.1) is 0 Å². The van der Waals surface area contributed by atoms with Crippen molar-refractivity contribution in [1.29, 1.82) is 0 Å². The van der Waals surface area contributed by atoms with E-state index < -0.39 is 0 Å². The number of esters is 2. The highest BCUT2D eigenvalue weighted by molar-refractivity contribution is 5.76. The molecule has 0 aliphatic carbocycles. The predicted molar refractivity (Wildman–Crippen MR) is 97.8 cm³/mol. The largest absolute Gasteiger partial charge is 0.466 e. The molecule has 0 saturated carbocycles. The van der Waals surface area contributed by atoms with E-state index in [1.165, 1.54) is 25.7 Å². The van der Waals surface area contributed by atoms with Crippen LogP contribution in [0.5, 0.6) is 0 Å². The Labute approximate surface area is 148 Å². The van der Waals surface area contributed by atoms with Gasteiger partial charge in [-0.25, -0.2) is 0 Å². The molecule has 0 aliphatic rings. The maximum atomic E-state index is 12.2. The van der Waals surface area contributed by atoms with Gasteiger partial charge in [0.05, 0.1) is 18.6 Å². The summed E-state index contributed by atoms with van der Waals surface area (Å²) < 4.78 is 10.2. The molecule has 0 aromatic heterocycles. The summed E-state index contributed by atoms with van der Waals surface area (Å²) in [7, 11) is 0. The molecule has 4 nitrogen and oxygen atoms in total. The van der Waals surface area contributed by atoms with Gasteiger partial charge in [-0.05, 0) is 39.5 Å². The minimum atomic E-state index is -0.282. The van der Waals surface area contributed by atoms with E-state index in [9.17, 15) is 9.59 Å². The number of hydrogen-bond acceptors (Lipinski definition) is 4. The van der Waals surface area contributed by atoms with Crippen LogP contribution < -0.4 is 0 Å². The molecule has 0 aromatic rings. The minimum absolute atomic E-state index is 0.0195. The lowest BCUT2D eigenvalue weighted by Crippen LogP contribution is -2.32. The van der Waals surface area contributed by atoms with Gasteiger partial charge in [0.1, 0.15) is 0 Å². The topological polar surface area (TPSA) is 52.6 Å². The Balaban J connectivity index is 3.76. The van der Waals surface area contributed by atoms with Crippen molar-refractivity contribution in [2.45, 2.75) is 98.3 Å². The molecule has 0 saturated heterocycles. The van der Waals surface area contributed by atoms with Crippen LogP contribution in [0.1, 0.15) is 98.3 Å². The Morgan fingerprint density at radius 3 is 1.71 bits per heavy atom. The second-order valence-electron chi connectivity index (χ2n) is 6.49. The lowest BCUT2D eigenvalue weighted by molar-refractivity contribution is -0.156. The monoisotopic (exact) mass is 342 g/mol. The van der Waals surface area contributed by atoms with Crippen molar-refractivity contribution in [3.05, 3.63) is 0 Å². The Bertz CT molecular complexity index is 335. The zero-order chi connectivity index (χ0) is 18.3. The van der Waals surface area contributed by atoms with Gasteiger partial charge in [0, 0.05) is 6.42 Å². The quantitative estimate of drug-likeness (QED) is 0.294. The first-order valence-electron chi connectivity index (χ1n) is 9.89. The molecular weight excluding hydrogens is 304 g/mol. The molecule has 0 aliphatic heterocycles. The van der Waals surface area contributed by atoms with Crippen molar-refractivity contribution < 1.29 is 19.1 Å². The number of unbranched alkanes of at least 4 members (excludes halogenated alkanes) is 6. The molecular formula is C20H38O4. The van der Waals surface area contributed by atoms with E-state index in [1.807, 2.05) is 13.8 Å². The van der Waals surface area contributed by atoms with Gasteiger partial charge >= 0.3 is 11.9 Å². The summed E-state index contributed by atoms with van der Waals surface area (Å²) in [5, 5.41) is 0. The van der Waals surface area contributed by atoms with Crippen LogP contribution in [0.4, 0.5) is 0 Å². The molecule has 0 N–H and O–H groups in total. The lowest BCUT2D eigenvalue weighted by Gasteiger charge is -2.29. The summed E-state index contributed by atoms with van der Waals surface area (Å²) in [6.07, 6.45) is 11.0. The van der Waals surface area contributed by atoms with Crippen LogP contribution in [-0.2, 0) is 19.1 Å². The maximum absolute atomic E-state index is 12.2. The fourth-order valence-corrected chi connectivity index (χ4v) is 3.13. The van der Waals surface area contributed by atoms with E-state index in [0.717, 1.165) is 38.5 Å². The molecule has 0 heterocycles. The molecule has 142 valence electrons. The second kappa shape index (κ2) is 14.3. The van der Waals surface area contributed by atoms with Crippen molar-refractivity contribution in [1.82, 2.24) is 0 Å². The van der Waals surface area contributed by atoms with E-state index in [1.54, 1.807) is 0 Å². The first kappa shape index (κ1) is 22.9. The van der Waals surface area contributed by atoms with E-state index in [-0.39, 0.29) is 17.4 Å². The van der Waals surface area contributed by atoms with Gasteiger partial charge in [0.25, 0.3) is 0 Å². The number of carbonyl (C=O) groups is 2. The second-order valence-corrected chi connectivity index (χ2v) is 6.49. The van der Waals surface area contributed by atoms with Crippen LogP contribution in [0.3, 0.4) is 0 Å². The Morgan fingerprint density at radius 1 is 0.708 bits per heavy atom. The fourth-order valence-electron chi connectivity index (χ4n) is 3.13. The molecule has 0 spiro atoms. The molecule has 0 radical (unpaired) electrons. The van der Waals surface area contributed by atoms with Gasteiger partial charge in [0.15, 0.2) is 0 Å².